The summed E-state index contributed by atoms with van der Waals surface area (Å²) in [5.41, 5.74) is 2.31. The molecular formula is C18H10Cl2O3. The standard InChI is InChI=1S/C18H10Cl2O3/c1-9-12-6-10(19)2-4-15(12)23-18(9)14-8-17(21)22-16-5-3-11(20)7-13(14)16/h2-8H,1H3. The molecule has 0 unspecified atom stereocenters. The number of benzene rings is 2. The van der Waals surface area contributed by atoms with Gasteiger partial charge in [-0.15, -0.1) is 0 Å². The largest absolute Gasteiger partial charge is 0.456 e. The van der Waals surface area contributed by atoms with Gasteiger partial charge < -0.3 is 8.83 Å². The Bertz CT molecular complexity index is 1120. The molecule has 0 spiro atoms. The van der Waals surface area contributed by atoms with E-state index in [-0.39, 0.29) is 0 Å². The summed E-state index contributed by atoms with van der Waals surface area (Å²) in [6.07, 6.45) is 0. The normalized spacial score (nSPS) is 11.4. The Morgan fingerprint density at radius 1 is 0.826 bits per heavy atom. The minimum atomic E-state index is -0.437. The van der Waals surface area contributed by atoms with Crippen molar-refractivity contribution >= 4 is 45.1 Å². The Hall–Kier alpha value is -2.23. The molecule has 3 nitrogen and oxygen atoms in total. The van der Waals surface area contributed by atoms with Gasteiger partial charge in [0.15, 0.2) is 0 Å². The van der Waals surface area contributed by atoms with Gasteiger partial charge in [-0.1, -0.05) is 23.2 Å². The minimum Gasteiger partial charge on any atom is -0.456 e. The number of rotatable bonds is 1. The second-order valence-electron chi connectivity index (χ2n) is 5.32. The topological polar surface area (TPSA) is 43.4 Å². The molecule has 23 heavy (non-hydrogen) atoms. The zero-order valence-electron chi connectivity index (χ0n) is 12.0. The van der Waals surface area contributed by atoms with Crippen LogP contribution >= 0.6 is 23.2 Å². The smallest absolute Gasteiger partial charge is 0.336 e. The van der Waals surface area contributed by atoms with Crippen LogP contribution in [0.15, 0.2) is 56.1 Å². The fraction of sp³-hybridized carbons (Fsp3) is 0.0556. The number of furan rings is 1. The lowest BCUT2D eigenvalue weighted by atomic mass is 10.0. The number of halogens is 2. The first-order chi connectivity index (χ1) is 11.0. The minimum absolute atomic E-state index is 0.437. The van der Waals surface area contributed by atoms with Crippen molar-refractivity contribution in [1.29, 1.82) is 0 Å². The van der Waals surface area contributed by atoms with Gasteiger partial charge in [0.2, 0.25) is 0 Å². The SMILES string of the molecule is Cc1c(-c2cc(=O)oc3ccc(Cl)cc23)oc2ccc(Cl)cc12. The maximum atomic E-state index is 11.9. The molecule has 0 amide bonds. The molecule has 0 atom stereocenters. The van der Waals surface area contributed by atoms with Crippen LogP contribution in [0.5, 0.6) is 0 Å². The fourth-order valence-corrected chi connectivity index (χ4v) is 3.12. The van der Waals surface area contributed by atoms with Crippen LogP contribution in [-0.2, 0) is 0 Å². The van der Waals surface area contributed by atoms with Crippen LogP contribution in [0, 0.1) is 6.92 Å². The van der Waals surface area contributed by atoms with E-state index >= 15 is 0 Å². The molecule has 0 saturated carbocycles. The molecule has 2 aromatic heterocycles. The van der Waals surface area contributed by atoms with Gasteiger partial charge in [-0.25, -0.2) is 4.79 Å². The van der Waals surface area contributed by atoms with Crippen molar-refractivity contribution in [2.45, 2.75) is 6.92 Å². The van der Waals surface area contributed by atoms with Crippen LogP contribution in [0.2, 0.25) is 10.0 Å². The van der Waals surface area contributed by atoms with Crippen LogP contribution < -0.4 is 5.63 Å². The third-order valence-corrected chi connectivity index (χ3v) is 4.32. The summed E-state index contributed by atoms with van der Waals surface area (Å²) in [7, 11) is 0. The van der Waals surface area contributed by atoms with Gasteiger partial charge in [0.05, 0.1) is 0 Å². The Labute approximate surface area is 141 Å². The first-order valence-corrected chi connectivity index (χ1v) is 7.71. The van der Waals surface area contributed by atoms with Crippen LogP contribution in [-0.4, -0.2) is 0 Å². The van der Waals surface area contributed by atoms with Gasteiger partial charge in [-0.2, -0.15) is 0 Å². The molecule has 114 valence electrons. The number of hydrogen-bond donors (Lipinski definition) is 0. The zero-order valence-corrected chi connectivity index (χ0v) is 13.5. The van der Waals surface area contributed by atoms with Gasteiger partial charge in [0.25, 0.3) is 0 Å². The average Bonchev–Trinajstić information content (AvgIpc) is 2.84. The molecular weight excluding hydrogens is 335 g/mol. The molecule has 0 aliphatic rings. The molecule has 5 heteroatoms. The van der Waals surface area contributed by atoms with Crippen molar-refractivity contribution in [3.8, 4) is 11.3 Å². The maximum absolute atomic E-state index is 11.9. The summed E-state index contributed by atoms with van der Waals surface area (Å²) < 4.78 is 11.2. The summed E-state index contributed by atoms with van der Waals surface area (Å²) in [6, 6.07) is 12.0. The Morgan fingerprint density at radius 3 is 2.13 bits per heavy atom. The lowest BCUT2D eigenvalue weighted by Gasteiger charge is -2.04. The molecule has 2 aromatic carbocycles. The lowest BCUT2D eigenvalue weighted by Crippen LogP contribution is -1.98. The van der Waals surface area contributed by atoms with E-state index < -0.39 is 5.63 Å². The average molecular weight is 345 g/mol. The van der Waals surface area contributed by atoms with Gasteiger partial charge in [-0.3, -0.25) is 0 Å². The van der Waals surface area contributed by atoms with Gasteiger partial charge in [-0.05, 0) is 43.3 Å². The molecule has 0 fully saturated rings. The molecule has 0 aliphatic carbocycles. The number of fused-ring (bicyclic) bond motifs is 2. The second-order valence-corrected chi connectivity index (χ2v) is 6.19. The van der Waals surface area contributed by atoms with E-state index in [2.05, 4.69) is 0 Å². The van der Waals surface area contributed by atoms with Crippen molar-refractivity contribution in [3.05, 3.63) is 68.5 Å². The summed E-state index contributed by atoms with van der Waals surface area (Å²) in [5, 5.41) is 2.83. The number of hydrogen-bond acceptors (Lipinski definition) is 3. The highest BCUT2D eigenvalue weighted by molar-refractivity contribution is 6.31. The van der Waals surface area contributed by atoms with E-state index in [1.54, 1.807) is 24.3 Å². The Kier molecular flexibility index (Phi) is 3.22. The van der Waals surface area contributed by atoms with Gasteiger partial charge >= 0.3 is 5.63 Å². The van der Waals surface area contributed by atoms with Gasteiger partial charge in [0.1, 0.15) is 16.9 Å². The molecule has 2 heterocycles. The molecule has 4 rings (SSSR count). The fourth-order valence-electron chi connectivity index (χ4n) is 2.77. The van der Waals surface area contributed by atoms with Gasteiger partial charge in [0, 0.05) is 38.0 Å². The third-order valence-electron chi connectivity index (χ3n) is 3.85. The van der Waals surface area contributed by atoms with Crippen LogP contribution in [0.25, 0.3) is 33.3 Å². The first-order valence-electron chi connectivity index (χ1n) is 6.95. The van der Waals surface area contributed by atoms with E-state index in [4.69, 9.17) is 32.0 Å². The third kappa shape index (κ3) is 2.33. The van der Waals surface area contributed by atoms with Crippen molar-refractivity contribution in [1.82, 2.24) is 0 Å². The summed E-state index contributed by atoms with van der Waals surface area (Å²) in [6.45, 7) is 1.93. The predicted molar refractivity (Wildman–Crippen MR) is 92.4 cm³/mol. The predicted octanol–water partition coefficient (Wildman–Crippen LogP) is 5.82. The van der Waals surface area contributed by atoms with Crippen molar-refractivity contribution in [3.63, 3.8) is 0 Å². The molecule has 4 aromatic rings. The van der Waals surface area contributed by atoms with Crippen LogP contribution in [0.4, 0.5) is 0 Å². The highest BCUT2D eigenvalue weighted by Crippen LogP contribution is 2.37. The van der Waals surface area contributed by atoms with Crippen molar-refractivity contribution < 1.29 is 8.83 Å². The zero-order chi connectivity index (χ0) is 16.1. The monoisotopic (exact) mass is 344 g/mol. The summed E-state index contributed by atoms with van der Waals surface area (Å²) in [5.74, 6) is 0.613. The quantitative estimate of drug-likeness (QED) is 0.408. The Morgan fingerprint density at radius 2 is 1.43 bits per heavy atom. The van der Waals surface area contributed by atoms with E-state index in [1.165, 1.54) is 6.07 Å². The summed E-state index contributed by atoms with van der Waals surface area (Å²) in [4.78, 5) is 11.9. The van der Waals surface area contributed by atoms with Crippen LogP contribution in [0.1, 0.15) is 5.56 Å². The molecule has 0 saturated heterocycles. The summed E-state index contributed by atoms with van der Waals surface area (Å²) >= 11 is 12.2. The van der Waals surface area contributed by atoms with Crippen molar-refractivity contribution in [2.24, 2.45) is 0 Å². The van der Waals surface area contributed by atoms with E-state index in [0.29, 0.717) is 32.5 Å². The molecule has 0 bridgehead atoms. The highest BCUT2D eigenvalue weighted by Gasteiger charge is 2.17. The highest BCUT2D eigenvalue weighted by atomic mass is 35.5. The van der Waals surface area contributed by atoms with E-state index in [1.807, 2.05) is 19.1 Å². The Balaban J connectivity index is 2.12. The first kappa shape index (κ1) is 14.4. The number of aryl methyl sites for hydroxylation is 1. The van der Waals surface area contributed by atoms with E-state index in [0.717, 1.165) is 16.3 Å². The maximum Gasteiger partial charge on any atom is 0.336 e. The van der Waals surface area contributed by atoms with E-state index in [9.17, 15) is 4.79 Å². The molecule has 0 aliphatic heterocycles. The van der Waals surface area contributed by atoms with Crippen molar-refractivity contribution in [2.75, 3.05) is 0 Å². The lowest BCUT2D eigenvalue weighted by molar-refractivity contribution is 0.559. The molecule has 0 N–H and O–H groups in total. The van der Waals surface area contributed by atoms with Crippen LogP contribution in [0.3, 0.4) is 0 Å². The molecule has 0 radical (unpaired) electrons. The second kappa shape index (κ2) is 5.15.